The summed E-state index contributed by atoms with van der Waals surface area (Å²) in [6.45, 7) is 9.43. The normalized spacial score (nSPS) is 12.4. The van der Waals surface area contributed by atoms with Crippen molar-refractivity contribution in [2.45, 2.75) is 84.9 Å². The molecule has 15 nitrogen and oxygen atoms in total. The summed E-state index contributed by atoms with van der Waals surface area (Å²) in [7, 11) is 0. The Bertz CT molecular complexity index is 1650. The third kappa shape index (κ3) is 10.5. The molecule has 0 aliphatic rings. The maximum atomic E-state index is 14.1. The summed E-state index contributed by atoms with van der Waals surface area (Å²) in [5.41, 5.74) is 2.77. The molecule has 2 heterocycles. The van der Waals surface area contributed by atoms with Gasteiger partial charge < -0.3 is 19.7 Å². The fourth-order valence-electron chi connectivity index (χ4n) is 5.54. The van der Waals surface area contributed by atoms with Gasteiger partial charge in [0.25, 0.3) is 5.91 Å². The predicted molar refractivity (Wildman–Crippen MR) is 178 cm³/mol. The van der Waals surface area contributed by atoms with E-state index in [1.54, 1.807) is 13.8 Å². The lowest BCUT2D eigenvalue weighted by molar-refractivity contribution is -0.492. The van der Waals surface area contributed by atoms with Crippen LogP contribution in [0.2, 0.25) is 0 Å². The number of esters is 1. The quantitative estimate of drug-likeness (QED) is 0.0564. The molecule has 15 heteroatoms. The van der Waals surface area contributed by atoms with Gasteiger partial charge in [-0.2, -0.15) is 5.21 Å². The first-order valence-corrected chi connectivity index (χ1v) is 16.4. The van der Waals surface area contributed by atoms with Gasteiger partial charge in [0, 0.05) is 24.9 Å². The van der Waals surface area contributed by atoms with Crippen LogP contribution in [0.25, 0.3) is 22.5 Å². The second kappa shape index (κ2) is 17.2. The smallest absolute Gasteiger partial charge is 0.305 e. The van der Waals surface area contributed by atoms with E-state index < -0.39 is 28.9 Å². The molecule has 0 aliphatic carbocycles. The van der Waals surface area contributed by atoms with Gasteiger partial charge in [-0.15, -0.1) is 10.2 Å². The summed E-state index contributed by atoms with van der Waals surface area (Å²) >= 11 is 0. The van der Waals surface area contributed by atoms with Gasteiger partial charge in [0.05, 0.1) is 18.0 Å². The van der Waals surface area contributed by atoms with Crippen LogP contribution in [0.3, 0.4) is 0 Å². The van der Waals surface area contributed by atoms with Gasteiger partial charge in [-0.05, 0) is 60.9 Å². The third-order valence-electron chi connectivity index (χ3n) is 7.70. The number of amides is 1. The van der Waals surface area contributed by atoms with Crippen molar-refractivity contribution >= 4 is 11.9 Å². The molecule has 0 radical (unpaired) electrons. The number of rotatable bonds is 18. The molecule has 0 fully saturated rings. The zero-order chi connectivity index (χ0) is 35.6. The Labute approximate surface area is 285 Å². The number of nitrogens with zero attached hydrogens (tertiary/aromatic N) is 6. The van der Waals surface area contributed by atoms with E-state index in [1.165, 1.54) is 0 Å². The Morgan fingerprint density at radius 2 is 1.80 bits per heavy atom. The van der Waals surface area contributed by atoms with Crippen LogP contribution in [-0.2, 0) is 32.9 Å². The lowest BCUT2D eigenvalue weighted by Crippen LogP contribution is -2.41. The summed E-state index contributed by atoms with van der Waals surface area (Å²) in [6, 6.07) is 15.3. The number of carbonyl (C=O) groups is 2. The van der Waals surface area contributed by atoms with E-state index in [0.717, 1.165) is 28.7 Å². The number of tetrazole rings is 1. The maximum Gasteiger partial charge on any atom is 0.305 e. The van der Waals surface area contributed by atoms with Crippen molar-refractivity contribution in [2.24, 2.45) is 5.92 Å². The van der Waals surface area contributed by atoms with Gasteiger partial charge in [0.1, 0.15) is 29.4 Å². The topological polar surface area (TPSA) is 201 Å². The molecule has 0 bridgehead atoms. The summed E-state index contributed by atoms with van der Waals surface area (Å²) in [5.74, 6) is 0.406. The number of hydrogen-bond acceptors (Lipinski definition) is 12. The number of H-pyrrole nitrogens is 1. The Kier molecular flexibility index (Phi) is 13.1. The molecule has 1 amide bonds. The first kappa shape index (κ1) is 37.3. The second-order valence-electron chi connectivity index (χ2n) is 12.8. The van der Waals surface area contributed by atoms with E-state index in [4.69, 9.17) is 20.1 Å². The molecule has 0 aliphatic heterocycles. The van der Waals surface area contributed by atoms with Crippen molar-refractivity contribution in [3.8, 4) is 22.5 Å². The minimum atomic E-state index is -1.41. The zero-order valence-electron chi connectivity index (χ0n) is 28.6. The molecule has 1 unspecified atom stereocenters. The number of aryl methyl sites for hydroxylation is 1. The number of carbonyl (C=O) groups excluding carboxylic acids is 2. The lowest BCUT2D eigenvalue weighted by Gasteiger charge is -2.23. The molecule has 4 aromatic rings. The third-order valence-corrected chi connectivity index (χ3v) is 7.70. The summed E-state index contributed by atoms with van der Waals surface area (Å²) < 4.78 is 7.32. The molecular formula is C34H46N8O7. The number of imidazole rings is 1. The van der Waals surface area contributed by atoms with Gasteiger partial charge in [-0.25, -0.2) is 4.98 Å². The molecule has 0 saturated carbocycles. The van der Waals surface area contributed by atoms with Crippen LogP contribution in [0.4, 0.5) is 0 Å². The molecule has 5 N–H and O–H groups in total. The highest BCUT2D eigenvalue weighted by atomic mass is 17.1. The van der Waals surface area contributed by atoms with Gasteiger partial charge >= 0.3 is 5.97 Å². The Morgan fingerprint density at radius 1 is 1.08 bits per heavy atom. The molecule has 264 valence electrons. The number of nitrogens with one attached hydrogen (secondary N) is 2. The minimum Gasteiger partial charge on any atom is -0.463 e. The fraction of sp³-hybridized carbons (Fsp3) is 0.471. The van der Waals surface area contributed by atoms with Gasteiger partial charge in [-0.1, -0.05) is 69.3 Å². The first-order valence-electron chi connectivity index (χ1n) is 16.4. The molecule has 4 rings (SSSR count). The van der Waals surface area contributed by atoms with E-state index in [2.05, 4.69) is 30.8 Å². The SMILES string of the molecule is CCCc1nc(C(C)(C)O)c(C(=O)NC(COC(=O)CCCON(O)O)CC(C)C)n1Cc1ccc(-c2ccccc2-c2nn[nH]n2)cc1. The van der Waals surface area contributed by atoms with Crippen molar-refractivity contribution in [1.82, 2.24) is 40.9 Å². The highest BCUT2D eigenvalue weighted by molar-refractivity contribution is 5.94. The summed E-state index contributed by atoms with van der Waals surface area (Å²) in [5, 5.41) is 45.5. The molecular weight excluding hydrogens is 632 g/mol. The van der Waals surface area contributed by atoms with Gasteiger partial charge in [0.15, 0.2) is 0 Å². The van der Waals surface area contributed by atoms with Crippen molar-refractivity contribution in [2.75, 3.05) is 13.2 Å². The highest BCUT2D eigenvalue weighted by Gasteiger charge is 2.33. The first-order chi connectivity index (χ1) is 23.4. The van der Waals surface area contributed by atoms with Gasteiger partial charge in [-0.3, -0.25) is 24.8 Å². The average Bonchev–Trinajstić information content (AvgIpc) is 3.71. The van der Waals surface area contributed by atoms with Crippen molar-refractivity contribution in [1.29, 1.82) is 0 Å². The molecule has 1 atom stereocenters. The molecule has 0 spiro atoms. The number of aromatic nitrogens is 6. The van der Waals surface area contributed by atoms with Crippen molar-refractivity contribution in [3.05, 3.63) is 71.3 Å². The fourth-order valence-corrected chi connectivity index (χ4v) is 5.54. The summed E-state index contributed by atoms with van der Waals surface area (Å²) in [4.78, 5) is 35.7. The monoisotopic (exact) mass is 678 g/mol. The average molecular weight is 679 g/mol. The highest BCUT2D eigenvalue weighted by Crippen LogP contribution is 2.31. The number of benzene rings is 2. The van der Waals surface area contributed by atoms with E-state index in [0.29, 0.717) is 31.0 Å². The predicted octanol–water partition coefficient (Wildman–Crippen LogP) is 4.44. The number of aromatic amines is 1. The van der Waals surface area contributed by atoms with E-state index >= 15 is 0 Å². The minimum absolute atomic E-state index is 0.00629. The van der Waals surface area contributed by atoms with E-state index in [9.17, 15) is 14.7 Å². The van der Waals surface area contributed by atoms with Crippen molar-refractivity contribution in [3.63, 3.8) is 0 Å². The van der Waals surface area contributed by atoms with E-state index in [-0.39, 0.29) is 43.4 Å². The molecule has 0 saturated heterocycles. The Morgan fingerprint density at radius 3 is 2.41 bits per heavy atom. The van der Waals surface area contributed by atoms with Crippen LogP contribution in [0, 0.1) is 5.92 Å². The number of aliphatic hydroxyl groups is 1. The molecule has 2 aromatic heterocycles. The molecule has 49 heavy (non-hydrogen) atoms. The standard InChI is InChI=1S/C34H46N8O7/c1-6-10-28-36-31(34(4,5)45)30(33(44)35-25(19-22(2)3)21-48-29(43)13-9-18-49-42(46)47)41(28)20-23-14-16-24(17-15-23)26-11-7-8-12-27(26)32-37-39-40-38-32/h7-8,11-12,14-17,22,25,45-47H,6,9-10,13,18-21H2,1-5H3,(H,35,44)(H,37,38,39,40). The van der Waals surface area contributed by atoms with E-state index in [1.807, 2.05) is 73.9 Å². The van der Waals surface area contributed by atoms with Gasteiger partial charge in [0.2, 0.25) is 5.82 Å². The molecule has 2 aromatic carbocycles. The Balaban J connectivity index is 1.59. The van der Waals surface area contributed by atoms with Crippen LogP contribution < -0.4 is 5.32 Å². The number of ether oxygens (including phenoxy) is 1. The van der Waals surface area contributed by atoms with Crippen LogP contribution in [-0.4, -0.2) is 82.2 Å². The number of hydrogen-bond donors (Lipinski definition) is 5. The van der Waals surface area contributed by atoms with Crippen LogP contribution in [0.15, 0.2) is 48.5 Å². The maximum absolute atomic E-state index is 14.1. The second-order valence-corrected chi connectivity index (χ2v) is 12.8. The summed E-state index contributed by atoms with van der Waals surface area (Å²) in [6.07, 6.45) is 2.10. The van der Waals surface area contributed by atoms with Crippen LogP contribution in [0.5, 0.6) is 0 Å². The Hall–Kier alpha value is -4.54. The largest absolute Gasteiger partial charge is 0.463 e. The van der Waals surface area contributed by atoms with Crippen molar-refractivity contribution < 1.29 is 34.7 Å². The zero-order valence-corrected chi connectivity index (χ0v) is 28.6. The van der Waals surface area contributed by atoms with Crippen LogP contribution in [0.1, 0.15) is 87.9 Å². The lowest BCUT2D eigenvalue weighted by atomic mass is 9.98. The van der Waals surface area contributed by atoms with Crippen LogP contribution >= 0.6 is 0 Å².